The molecule has 3 rings (SSSR count). The summed E-state index contributed by atoms with van der Waals surface area (Å²) in [4.78, 5) is 17.1. The van der Waals surface area contributed by atoms with Crippen molar-refractivity contribution >= 4 is 5.91 Å². The second-order valence-electron chi connectivity index (χ2n) is 6.58. The van der Waals surface area contributed by atoms with Crippen molar-refractivity contribution in [2.75, 3.05) is 13.1 Å². The number of amides is 1. The Morgan fingerprint density at radius 1 is 0.964 bits per heavy atom. The summed E-state index contributed by atoms with van der Waals surface area (Å²) in [6, 6.07) is 7.21. The molecule has 0 atom stereocenters. The van der Waals surface area contributed by atoms with Gasteiger partial charge in [-0.1, -0.05) is 18.2 Å². The normalized spacial score (nSPS) is 16.3. The highest BCUT2D eigenvalue weighted by molar-refractivity contribution is 5.94. The van der Waals surface area contributed by atoms with E-state index in [9.17, 15) is 31.1 Å². The fraction of sp³-hybridized carbons (Fsp3) is 0.368. The molecule has 9 heteroatoms. The number of rotatable bonds is 2. The summed E-state index contributed by atoms with van der Waals surface area (Å²) < 4.78 is 77.9. The van der Waals surface area contributed by atoms with E-state index in [0.717, 1.165) is 12.3 Å². The molecule has 1 aromatic carbocycles. The molecule has 1 fully saturated rings. The van der Waals surface area contributed by atoms with Gasteiger partial charge in [-0.2, -0.15) is 26.3 Å². The molecule has 0 radical (unpaired) electrons. The summed E-state index contributed by atoms with van der Waals surface area (Å²) in [5, 5.41) is 0. The van der Waals surface area contributed by atoms with Crippen molar-refractivity contribution in [1.82, 2.24) is 9.88 Å². The van der Waals surface area contributed by atoms with Crippen LogP contribution in [-0.4, -0.2) is 28.9 Å². The number of halogens is 6. The number of likely N-dealkylation sites (tertiary alicyclic amines) is 1. The summed E-state index contributed by atoms with van der Waals surface area (Å²) in [7, 11) is 0. The average Bonchev–Trinajstić information content (AvgIpc) is 2.66. The summed E-state index contributed by atoms with van der Waals surface area (Å²) in [5.41, 5.74) is -1.81. The highest BCUT2D eigenvalue weighted by Gasteiger charge is 2.37. The first kappa shape index (κ1) is 20.2. The highest BCUT2D eigenvalue weighted by Crippen LogP contribution is 2.38. The van der Waals surface area contributed by atoms with E-state index in [1.165, 1.54) is 29.2 Å². The Hall–Kier alpha value is -2.58. The Kier molecular flexibility index (Phi) is 5.36. The molecule has 1 aromatic heterocycles. The van der Waals surface area contributed by atoms with Crippen molar-refractivity contribution in [2.45, 2.75) is 31.1 Å². The van der Waals surface area contributed by atoms with Crippen LogP contribution >= 0.6 is 0 Å². The van der Waals surface area contributed by atoms with Gasteiger partial charge in [0, 0.05) is 24.8 Å². The van der Waals surface area contributed by atoms with Crippen LogP contribution < -0.4 is 0 Å². The van der Waals surface area contributed by atoms with Gasteiger partial charge in [-0.25, -0.2) is 0 Å². The molecular formula is C19H16F6N2O. The van der Waals surface area contributed by atoms with Crippen LogP contribution in [0.3, 0.4) is 0 Å². The van der Waals surface area contributed by atoms with Crippen molar-refractivity contribution in [3.05, 3.63) is 65.0 Å². The summed E-state index contributed by atoms with van der Waals surface area (Å²) >= 11 is 0. The lowest BCUT2D eigenvalue weighted by Gasteiger charge is -2.33. The van der Waals surface area contributed by atoms with Gasteiger partial charge >= 0.3 is 12.4 Å². The third-order valence-electron chi connectivity index (χ3n) is 4.79. The van der Waals surface area contributed by atoms with Gasteiger partial charge in [-0.15, -0.1) is 0 Å². The van der Waals surface area contributed by atoms with Gasteiger partial charge in [0.1, 0.15) is 5.69 Å². The summed E-state index contributed by atoms with van der Waals surface area (Å²) in [6.45, 7) is 0.332. The molecule has 0 aliphatic carbocycles. The molecule has 1 saturated heterocycles. The lowest BCUT2D eigenvalue weighted by Crippen LogP contribution is -2.38. The van der Waals surface area contributed by atoms with E-state index in [1.807, 2.05) is 0 Å². The number of pyridine rings is 1. The molecule has 0 unspecified atom stereocenters. The maximum atomic E-state index is 13.2. The molecule has 0 bridgehead atoms. The van der Waals surface area contributed by atoms with Gasteiger partial charge in [0.15, 0.2) is 0 Å². The Bertz CT molecular complexity index is 854. The fourth-order valence-electron chi connectivity index (χ4n) is 3.41. The average molecular weight is 402 g/mol. The second kappa shape index (κ2) is 7.44. The smallest absolute Gasteiger partial charge is 0.339 e. The van der Waals surface area contributed by atoms with Gasteiger partial charge < -0.3 is 4.90 Å². The molecule has 3 nitrogen and oxygen atoms in total. The van der Waals surface area contributed by atoms with Crippen molar-refractivity contribution in [3.8, 4) is 0 Å². The quantitative estimate of drug-likeness (QED) is 0.652. The molecule has 0 spiro atoms. The van der Waals surface area contributed by atoms with Crippen LogP contribution in [0.5, 0.6) is 0 Å². The monoisotopic (exact) mass is 402 g/mol. The molecule has 0 saturated carbocycles. The number of carbonyl (C=O) groups is 1. The number of alkyl halides is 6. The Morgan fingerprint density at radius 3 is 2.21 bits per heavy atom. The number of piperidine rings is 1. The number of hydrogen-bond donors (Lipinski definition) is 0. The molecule has 150 valence electrons. The first-order chi connectivity index (χ1) is 13.1. The van der Waals surface area contributed by atoms with Crippen molar-refractivity contribution < 1.29 is 31.1 Å². The van der Waals surface area contributed by atoms with Crippen LogP contribution in [0.2, 0.25) is 0 Å². The number of carbonyl (C=O) groups excluding carboxylic acids is 1. The molecule has 0 N–H and O–H groups in total. The zero-order valence-corrected chi connectivity index (χ0v) is 14.5. The third-order valence-corrected chi connectivity index (χ3v) is 4.79. The summed E-state index contributed by atoms with van der Waals surface area (Å²) in [5.74, 6) is -0.958. The first-order valence-electron chi connectivity index (χ1n) is 8.56. The van der Waals surface area contributed by atoms with Crippen LogP contribution in [0.4, 0.5) is 26.3 Å². The Balaban J connectivity index is 1.72. The van der Waals surface area contributed by atoms with Crippen LogP contribution in [0, 0.1) is 0 Å². The maximum Gasteiger partial charge on any atom is 0.433 e. The predicted molar refractivity (Wildman–Crippen MR) is 88.6 cm³/mol. The van der Waals surface area contributed by atoms with Gasteiger partial charge in [0.05, 0.1) is 5.56 Å². The fourth-order valence-corrected chi connectivity index (χ4v) is 3.41. The number of benzene rings is 1. The molecule has 1 aliphatic heterocycles. The van der Waals surface area contributed by atoms with Crippen LogP contribution in [0.15, 0.2) is 42.6 Å². The first-order valence-corrected chi connectivity index (χ1v) is 8.56. The minimum Gasteiger partial charge on any atom is -0.339 e. The van der Waals surface area contributed by atoms with E-state index in [2.05, 4.69) is 4.98 Å². The molecule has 2 aromatic rings. The number of aromatic nitrogens is 1. The minimum atomic E-state index is -4.66. The lowest BCUT2D eigenvalue weighted by molar-refractivity contribution is -0.141. The minimum absolute atomic E-state index is 0.142. The SMILES string of the molecule is O=C(c1ccnc(C(F)(F)F)c1)N1CCC(c2ccccc2C(F)(F)F)CC1. The Labute approximate surface area is 157 Å². The van der Waals surface area contributed by atoms with Crippen LogP contribution in [0.25, 0.3) is 0 Å². The van der Waals surface area contributed by atoms with Gasteiger partial charge in [0.25, 0.3) is 5.91 Å². The van der Waals surface area contributed by atoms with E-state index in [-0.39, 0.29) is 30.1 Å². The van der Waals surface area contributed by atoms with Gasteiger partial charge in [-0.3, -0.25) is 9.78 Å². The molecule has 1 aliphatic rings. The van der Waals surface area contributed by atoms with E-state index in [1.54, 1.807) is 0 Å². The van der Waals surface area contributed by atoms with Crippen molar-refractivity contribution in [1.29, 1.82) is 0 Å². The largest absolute Gasteiger partial charge is 0.433 e. The maximum absolute atomic E-state index is 13.2. The lowest BCUT2D eigenvalue weighted by atomic mass is 9.86. The standard InChI is InChI=1S/C19H16F6N2O/c20-18(21,22)15-4-2-1-3-14(15)12-6-9-27(10-7-12)17(28)13-5-8-26-16(11-13)19(23,24)25/h1-5,8,11-12H,6-7,9-10H2. The highest BCUT2D eigenvalue weighted by atomic mass is 19.4. The van der Waals surface area contributed by atoms with Crippen molar-refractivity contribution in [2.24, 2.45) is 0 Å². The van der Waals surface area contributed by atoms with E-state index >= 15 is 0 Å². The van der Waals surface area contributed by atoms with Gasteiger partial charge in [0.2, 0.25) is 0 Å². The third kappa shape index (κ3) is 4.28. The zero-order chi connectivity index (χ0) is 20.5. The Morgan fingerprint density at radius 2 is 1.61 bits per heavy atom. The molecule has 2 heterocycles. The zero-order valence-electron chi connectivity index (χ0n) is 14.5. The predicted octanol–water partition coefficient (Wildman–Crippen LogP) is 5.14. The second-order valence-corrected chi connectivity index (χ2v) is 6.58. The molecule has 28 heavy (non-hydrogen) atoms. The molecular weight excluding hydrogens is 386 g/mol. The van der Waals surface area contributed by atoms with Crippen molar-refractivity contribution in [3.63, 3.8) is 0 Å². The summed E-state index contributed by atoms with van der Waals surface area (Å²) in [6.07, 6.45) is -7.60. The van der Waals surface area contributed by atoms with E-state index in [4.69, 9.17) is 0 Å². The van der Waals surface area contributed by atoms with E-state index in [0.29, 0.717) is 18.9 Å². The van der Waals surface area contributed by atoms with Crippen LogP contribution in [-0.2, 0) is 12.4 Å². The number of nitrogens with zero attached hydrogens (tertiary/aromatic N) is 2. The van der Waals surface area contributed by atoms with Gasteiger partial charge in [-0.05, 0) is 42.5 Å². The van der Waals surface area contributed by atoms with Crippen LogP contribution in [0.1, 0.15) is 45.9 Å². The number of hydrogen-bond acceptors (Lipinski definition) is 2. The van der Waals surface area contributed by atoms with E-state index < -0.39 is 29.5 Å². The topological polar surface area (TPSA) is 33.2 Å². The molecule has 1 amide bonds.